The minimum atomic E-state index is 0.466. The minimum absolute atomic E-state index is 0.466. The van der Waals surface area contributed by atoms with E-state index in [1.54, 1.807) is 7.11 Å². The Morgan fingerprint density at radius 1 is 1.44 bits per heavy atom. The molecule has 0 aliphatic heterocycles. The van der Waals surface area contributed by atoms with Crippen LogP contribution < -0.4 is 10.1 Å². The van der Waals surface area contributed by atoms with Gasteiger partial charge >= 0.3 is 0 Å². The van der Waals surface area contributed by atoms with Crippen molar-refractivity contribution in [3.05, 3.63) is 28.2 Å². The molecule has 0 amide bonds. The number of halogens is 1. The van der Waals surface area contributed by atoms with Crippen LogP contribution in [-0.2, 0) is 6.54 Å². The largest absolute Gasteiger partial charge is 0.497 e. The van der Waals surface area contributed by atoms with Crippen LogP contribution in [0.25, 0.3) is 0 Å². The van der Waals surface area contributed by atoms with Crippen molar-refractivity contribution in [3.8, 4) is 5.75 Å². The van der Waals surface area contributed by atoms with E-state index in [1.807, 2.05) is 12.1 Å². The fourth-order valence-electron chi connectivity index (χ4n) is 1.76. The summed E-state index contributed by atoms with van der Waals surface area (Å²) in [6.45, 7) is 7.36. The van der Waals surface area contributed by atoms with Gasteiger partial charge in [-0.15, -0.1) is 0 Å². The number of ether oxygens (including phenoxy) is 1. The van der Waals surface area contributed by atoms with Crippen molar-refractivity contribution in [1.29, 1.82) is 0 Å². The highest BCUT2D eigenvalue weighted by molar-refractivity contribution is 9.10. The second-order valence-corrected chi connectivity index (χ2v) is 5.45. The average Bonchev–Trinajstić information content (AvgIpc) is 2.37. The van der Waals surface area contributed by atoms with Crippen molar-refractivity contribution >= 4 is 15.9 Å². The van der Waals surface area contributed by atoms with Crippen molar-refractivity contribution in [1.82, 2.24) is 10.2 Å². The predicted octanol–water partition coefficient (Wildman–Crippen LogP) is 2.89. The normalized spacial score (nSPS) is 12.8. The first kappa shape index (κ1) is 15.5. The number of hydrogen-bond acceptors (Lipinski definition) is 3. The van der Waals surface area contributed by atoms with Gasteiger partial charge in [0, 0.05) is 23.6 Å². The molecule has 0 saturated carbocycles. The molecule has 3 nitrogen and oxygen atoms in total. The van der Waals surface area contributed by atoms with Crippen LogP contribution in [0.1, 0.15) is 19.4 Å². The molecule has 0 aliphatic carbocycles. The lowest BCUT2D eigenvalue weighted by Crippen LogP contribution is -2.36. The van der Waals surface area contributed by atoms with Gasteiger partial charge in [0.15, 0.2) is 0 Å². The van der Waals surface area contributed by atoms with Crippen molar-refractivity contribution in [2.75, 3.05) is 27.2 Å². The second-order valence-electron chi connectivity index (χ2n) is 4.59. The number of methoxy groups -OCH3 is 1. The SMILES string of the molecule is CCN(C)CC(C)NCc1cc(OC)ccc1Br. The predicted molar refractivity (Wildman–Crippen MR) is 80.2 cm³/mol. The summed E-state index contributed by atoms with van der Waals surface area (Å²) in [5.74, 6) is 0.897. The minimum Gasteiger partial charge on any atom is -0.497 e. The molecular weight excluding hydrogens is 292 g/mol. The highest BCUT2D eigenvalue weighted by atomic mass is 79.9. The van der Waals surface area contributed by atoms with E-state index in [-0.39, 0.29) is 0 Å². The monoisotopic (exact) mass is 314 g/mol. The van der Waals surface area contributed by atoms with E-state index in [0.29, 0.717) is 6.04 Å². The standard InChI is InChI=1S/C14H23BrN2O/c1-5-17(3)10-11(2)16-9-12-8-13(18-4)6-7-14(12)15/h6-8,11,16H,5,9-10H2,1-4H3. The molecule has 1 atom stereocenters. The molecule has 0 spiro atoms. The molecule has 18 heavy (non-hydrogen) atoms. The lowest BCUT2D eigenvalue weighted by molar-refractivity contribution is 0.309. The van der Waals surface area contributed by atoms with E-state index < -0.39 is 0 Å². The van der Waals surface area contributed by atoms with E-state index in [1.165, 1.54) is 5.56 Å². The number of nitrogens with zero attached hydrogens (tertiary/aromatic N) is 1. The lowest BCUT2D eigenvalue weighted by atomic mass is 10.2. The maximum Gasteiger partial charge on any atom is 0.119 e. The highest BCUT2D eigenvalue weighted by Gasteiger charge is 2.07. The van der Waals surface area contributed by atoms with Crippen LogP contribution in [0.15, 0.2) is 22.7 Å². The third-order valence-electron chi connectivity index (χ3n) is 3.02. The summed E-state index contributed by atoms with van der Waals surface area (Å²) in [4.78, 5) is 2.30. The molecule has 1 aromatic rings. The van der Waals surface area contributed by atoms with Gasteiger partial charge in [-0.2, -0.15) is 0 Å². The number of benzene rings is 1. The number of nitrogens with one attached hydrogen (secondary N) is 1. The van der Waals surface area contributed by atoms with Crippen LogP contribution >= 0.6 is 15.9 Å². The molecule has 0 fully saturated rings. The van der Waals surface area contributed by atoms with Crippen molar-refractivity contribution in [2.45, 2.75) is 26.4 Å². The maximum atomic E-state index is 5.24. The quantitative estimate of drug-likeness (QED) is 0.837. The summed E-state index contributed by atoms with van der Waals surface area (Å²) in [5.41, 5.74) is 1.22. The Balaban J connectivity index is 2.52. The molecule has 0 aliphatic rings. The van der Waals surface area contributed by atoms with Crippen molar-refractivity contribution in [2.24, 2.45) is 0 Å². The molecule has 1 aromatic carbocycles. The summed E-state index contributed by atoms with van der Waals surface area (Å²) in [6.07, 6.45) is 0. The van der Waals surface area contributed by atoms with Crippen LogP contribution in [0.2, 0.25) is 0 Å². The van der Waals surface area contributed by atoms with Crippen LogP contribution in [0.5, 0.6) is 5.75 Å². The van der Waals surface area contributed by atoms with Gasteiger partial charge in [0.25, 0.3) is 0 Å². The third kappa shape index (κ3) is 4.96. The molecule has 0 heterocycles. The Morgan fingerprint density at radius 2 is 2.17 bits per heavy atom. The Kier molecular flexibility index (Phi) is 6.68. The summed E-state index contributed by atoms with van der Waals surface area (Å²) >= 11 is 3.57. The average molecular weight is 315 g/mol. The van der Waals surface area contributed by atoms with E-state index in [9.17, 15) is 0 Å². The lowest BCUT2D eigenvalue weighted by Gasteiger charge is -2.21. The first-order chi connectivity index (χ1) is 8.56. The molecule has 1 N–H and O–H groups in total. The fraction of sp³-hybridized carbons (Fsp3) is 0.571. The Bertz CT molecular complexity index is 371. The van der Waals surface area contributed by atoms with Gasteiger partial charge < -0.3 is 15.0 Å². The van der Waals surface area contributed by atoms with Crippen LogP contribution in [0.4, 0.5) is 0 Å². The van der Waals surface area contributed by atoms with Gasteiger partial charge in [-0.05, 0) is 44.3 Å². The Hall–Kier alpha value is -0.580. The van der Waals surface area contributed by atoms with E-state index in [0.717, 1.165) is 29.9 Å². The molecule has 1 rings (SSSR count). The van der Waals surface area contributed by atoms with E-state index in [2.05, 4.69) is 53.1 Å². The molecule has 0 aromatic heterocycles. The van der Waals surface area contributed by atoms with Crippen molar-refractivity contribution < 1.29 is 4.74 Å². The van der Waals surface area contributed by atoms with Crippen LogP contribution in [0, 0.1) is 0 Å². The van der Waals surface area contributed by atoms with Gasteiger partial charge in [0.05, 0.1) is 7.11 Å². The molecule has 102 valence electrons. The van der Waals surface area contributed by atoms with Crippen LogP contribution in [-0.4, -0.2) is 38.2 Å². The first-order valence-corrected chi connectivity index (χ1v) is 7.10. The first-order valence-electron chi connectivity index (χ1n) is 6.31. The third-order valence-corrected chi connectivity index (χ3v) is 3.79. The summed E-state index contributed by atoms with van der Waals surface area (Å²) in [5, 5.41) is 3.53. The highest BCUT2D eigenvalue weighted by Crippen LogP contribution is 2.22. The van der Waals surface area contributed by atoms with Gasteiger partial charge in [-0.25, -0.2) is 0 Å². The number of likely N-dealkylation sites (N-methyl/N-ethyl adjacent to an activating group) is 1. The maximum absolute atomic E-state index is 5.24. The zero-order chi connectivity index (χ0) is 13.5. The summed E-state index contributed by atoms with van der Waals surface area (Å²) in [7, 11) is 3.83. The number of rotatable bonds is 7. The molecular formula is C14H23BrN2O. The van der Waals surface area contributed by atoms with Crippen molar-refractivity contribution in [3.63, 3.8) is 0 Å². The molecule has 0 bridgehead atoms. The molecule has 0 saturated heterocycles. The Morgan fingerprint density at radius 3 is 2.78 bits per heavy atom. The van der Waals surface area contributed by atoms with Gasteiger partial charge in [0.1, 0.15) is 5.75 Å². The Labute approximate surface area is 119 Å². The zero-order valence-corrected chi connectivity index (χ0v) is 13.3. The molecule has 0 radical (unpaired) electrons. The molecule has 1 unspecified atom stereocenters. The van der Waals surface area contributed by atoms with Gasteiger partial charge in [-0.3, -0.25) is 0 Å². The zero-order valence-electron chi connectivity index (χ0n) is 11.7. The van der Waals surface area contributed by atoms with Gasteiger partial charge in [0.2, 0.25) is 0 Å². The molecule has 4 heteroatoms. The second kappa shape index (κ2) is 7.77. The summed E-state index contributed by atoms with van der Waals surface area (Å²) < 4.78 is 6.36. The smallest absolute Gasteiger partial charge is 0.119 e. The van der Waals surface area contributed by atoms with E-state index >= 15 is 0 Å². The fourth-order valence-corrected chi connectivity index (χ4v) is 2.15. The van der Waals surface area contributed by atoms with Crippen LogP contribution in [0.3, 0.4) is 0 Å². The number of hydrogen-bond donors (Lipinski definition) is 1. The topological polar surface area (TPSA) is 24.5 Å². The summed E-state index contributed by atoms with van der Waals surface area (Å²) in [6, 6.07) is 6.52. The van der Waals surface area contributed by atoms with Gasteiger partial charge in [-0.1, -0.05) is 22.9 Å². The van der Waals surface area contributed by atoms with E-state index in [4.69, 9.17) is 4.74 Å².